The molecule has 1 aliphatic heterocycles. The third-order valence-corrected chi connectivity index (χ3v) is 7.27. The molecule has 1 heterocycles. The van der Waals surface area contributed by atoms with Crippen LogP contribution in [0.25, 0.3) is 0 Å². The Morgan fingerprint density at radius 1 is 0.962 bits per heavy atom. The average Bonchev–Trinajstić information content (AvgIpc) is 3.30. The predicted molar refractivity (Wildman–Crippen MR) is 93.1 cm³/mol. The van der Waals surface area contributed by atoms with Crippen molar-refractivity contribution in [3.63, 3.8) is 0 Å². The molecule has 0 N–H and O–H groups in total. The maximum atomic E-state index is 12.9. The standard InChI is InChI=1S/C21H28O5/c1-12(2)18(22)25-20-7-13-5-14(8-20)10-21(9-13,11-20)26-19(23)15-3-4-16-17(6-15)24-16/h13-17H,1,3-11H2,2H3. The van der Waals surface area contributed by atoms with Crippen molar-refractivity contribution in [2.24, 2.45) is 17.8 Å². The van der Waals surface area contributed by atoms with E-state index >= 15 is 0 Å². The van der Waals surface area contributed by atoms with Gasteiger partial charge in [0.1, 0.15) is 11.2 Å². The summed E-state index contributed by atoms with van der Waals surface area (Å²) < 4.78 is 17.7. The third-order valence-electron chi connectivity index (χ3n) is 7.27. The first-order valence-corrected chi connectivity index (χ1v) is 10.1. The molecule has 6 aliphatic rings. The van der Waals surface area contributed by atoms with Crippen LogP contribution in [0, 0.1) is 17.8 Å². The number of esters is 2. The number of fused-ring (bicyclic) bond motifs is 1. The second-order valence-electron chi connectivity index (χ2n) is 9.64. The van der Waals surface area contributed by atoms with Gasteiger partial charge in [0, 0.05) is 12.0 Å². The highest BCUT2D eigenvalue weighted by molar-refractivity contribution is 5.87. The van der Waals surface area contributed by atoms with E-state index < -0.39 is 11.2 Å². The van der Waals surface area contributed by atoms with Crippen molar-refractivity contribution in [1.29, 1.82) is 0 Å². The predicted octanol–water partition coefficient (Wildman–Crippen LogP) is 3.31. The fourth-order valence-electron chi connectivity index (χ4n) is 6.53. The Kier molecular flexibility index (Phi) is 3.60. The molecule has 0 aromatic rings. The molecule has 5 nitrogen and oxygen atoms in total. The van der Waals surface area contributed by atoms with Crippen LogP contribution < -0.4 is 0 Å². The van der Waals surface area contributed by atoms with Crippen LogP contribution in [0.3, 0.4) is 0 Å². The van der Waals surface area contributed by atoms with Crippen LogP contribution in [0.4, 0.5) is 0 Å². The monoisotopic (exact) mass is 360 g/mol. The van der Waals surface area contributed by atoms with Gasteiger partial charge in [-0.2, -0.15) is 0 Å². The quantitative estimate of drug-likeness (QED) is 0.437. The Balaban J connectivity index is 1.32. The van der Waals surface area contributed by atoms with E-state index in [1.54, 1.807) is 6.92 Å². The van der Waals surface area contributed by atoms with Crippen LogP contribution in [0.2, 0.25) is 0 Å². The zero-order chi connectivity index (χ0) is 18.1. The molecule has 4 bridgehead atoms. The molecular formula is C21H28O5. The fraction of sp³-hybridized carbons (Fsp3) is 0.810. The van der Waals surface area contributed by atoms with Crippen molar-refractivity contribution < 1.29 is 23.8 Å². The number of ether oxygens (including phenoxy) is 3. The molecule has 0 radical (unpaired) electrons. The highest BCUT2D eigenvalue weighted by Crippen LogP contribution is 2.60. The number of hydrogen-bond donors (Lipinski definition) is 0. The molecule has 0 aromatic carbocycles. The lowest BCUT2D eigenvalue weighted by Crippen LogP contribution is -2.62. The number of hydrogen-bond acceptors (Lipinski definition) is 5. The Bertz CT molecular complexity index is 653. The zero-order valence-electron chi connectivity index (χ0n) is 15.5. The Morgan fingerprint density at radius 2 is 1.62 bits per heavy atom. The highest BCUT2D eigenvalue weighted by Gasteiger charge is 2.62. The molecule has 5 atom stereocenters. The first kappa shape index (κ1) is 16.8. The number of rotatable bonds is 4. The first-order valence-electron chi connectivity index (χ1n) is 10.1. The average molecular weight is 360 g/mol. The van der Waals surface area contributed by atoms with Crippen LogP contribution in [0.5, 0.6) is 0 Å². The summed E-state index contributed by atoms with van der Waals surface area (Å²) in [4.78, 5) is 25.1. The summed E-state index contributed by atoms with van der Waals surface area (Å²) in [6.07, 6.45) is 8.83. The van der Waals surface area contributed by atoms with E-state index in [1.807, 2.05) is 0 Å². The van der Waals surface area contributed by atoms with Crippen molar-refractivity contribution in [2.75, 3.05) is 0 Å². The summed E-state index contributed by atoms with van der Waals surface area (Å²) in [7, 11) is 0. The second-order valence-corrected chi connectivity index (χ2v) is 9.64. The topological polar surface area (TPSA) is 65.1 Å². The van der Waals surface area contributed by atoms with Gasteiger partial charge in [0.05, 0.1) is 18.1 Å². The van der Waals surface area contributed by atoms with Crippen molar-refractivity contribution in [3.8, 4) is 0 Å². The van der Waals surface area contributed by atoms with E-state index in [4.69, 9.17) is 14.2 Å². The molecule has 0 amide bonds. The molecule has 6 rings (SSSR count). The summed E-state index contributed by atoms with van der Waals surface area (Å²) in [5.74, 6) is 0.592. The molecule has 5 aliphatic carbocycles. The van der Waals surface area contributed by atoms with E-state index in [9.17, 15) is 9.59 Å². The lowest BCUT2D eigenvalue weighted by Gasteiger charge is -2.60. The summed E-state index contributed by atoms with van der Waals surface area (Å²) in [5, 5.41) is 0. The summed E-state index contributed by atoms with van der Waals surface area (Å²) >= 11 is 0. The van der Waals surface area contributed by atoms with Gasteiger partial charge >= 0.3 is 11.9 Å². The van der Waals surface area contributed by atoms with Crippen molar-refractivity contribution in [1.82, 2.24) is 0 Å². The van der Waals surface area contributed by atoms with E-state index in [0.29, 0.717) is 29.9 Å². The molecular weight excluding hydrogens is 332 g/mol. The van der Waals surface area contributed by atoms with Gasteiger partial charge in [0.15, 0.2) is 0 Å². The molecule has 0 spiro atoms. The van der Waals surface area contributed by atoms with Gasteiger partial charge in [0.2, 0.25) is 0 Å². The van der Waals surface area contributed by atoms with Crippen molar-refractivity contribution in [3.05, 3.63) is 12.2 Å². The van der Waals surface area contributed by atoms with Crippen molar-refractivity contribution in [2.45, 2.75) is 88.1 Å². The summed E-state index contributed by atoms with van der Waals surface area (Å²) in [6.45, 7) is 5.41. The summed E-state index contributed by atoms with van der Waals surface area (Å²) in [5.41, 5.74) is -0.455. The van der Waals surface area contributed by atoms with Crippen LogP contribution in [-0.2, 0) is 23.8 Å². The minimum Gasteiger partial charge on any atom is -0.459 e. The largest absolute Gasteiger partial charge is 0.459 e. The minimum atomic E-state index is -0.461. The Hall–Kier alpha value is -1.36. The second kappa shape index (κ2) is 5.57. The van der Waals surface area contributed by atoms with Crippen molar-refractivity contribution >= 4 is 11.9 Å². The molecule has 6 fully saturated rings. The first-order chi connectivity index (χ1) is 12.4. The molecule has 5 heteroatoms. The van der Waals surface area contributed by atoms with E-state index in [-0.39, 0.29) is 24.0 Å². The fourth-order valence-corrected chi connectivity index (χ4v) is 6.53. The van der Waals surface area contributed by atoms with E-state index in [2.05, 4.69) is 6.58 Å². The van der Waals surface area contributed by atoms with Crippen LogP contribution in [0.15, 0.2) is 12.2 Å². The van der Waals surface area contributed by atoms with Gasteiger partial charge in [-0.1, -0.05) is 6.58 Å². The Morgan fingerprint density at radius 3 is 2.23 bits per heavy atom. The highest BCUT2D eigenvalue weighted by atomic mass is 16.6. The smallest absolute Gasteiger partial charge is 0.333 e. The molecule has 5 unspecified atom stereocenters. The van der Waals surface area contributed by atoms with Gasteiger partial charge in [-0.15, -0.1) is 0 Å². The van der Waals surface area contributed by atoms with Gasteiger partial charge in [-0.05, 0) is 70.1 Å². The normalized spacial score (nSPS) is 47.8. The zero-order valence-corrected chi connectivity index (χ0v) is 15.5. The lowest BCUT2D eigenvalue weighted by molar-refractivity contribution is -0.231. The van der Waals surface area contributed by atoms with Gasteiger partial charge in [0.25, 0.3) is 0 Å². The molecule has 1 saturated heterocycles. The van der Waals surface area contributed by atoms with Gasteiger partial charge < -0.3 is 14.2 Å². The molecule has 142 valence electrons. The van der Waals surface area contributed by atoms with E-state index in [0.717, 1.165) is 44.9 Å². The minimum absolute atomic E-state index is 0.0272. The van der Waals surface area contributed by atoms with E-state index in [1.165, 1.54) is 6.42 Å². The molecule has 26 heavy (non-hydrogen) atoms. The number of epoxide rings is 1. The maximum Gasteiger partial charge on any atom is 0.333 e. The number of carbonyl (C=O) groups excluding carboxylic acids is 2. The van der Waals surface area contributed by atoms with Crippen LogP contribution in [0.1, 0.15) is 64.7 Å². The van der Waals surface area contributed by atoms with Gasteiger partial charge in [-0.3, -0.25) is 4.79 Å². The molecule has 0 aromatic heterocycles. The molecule has 5 saturated carbocycles. The lowest BCUT2D eigenvalue weighted by atomic mass is 9.52. The SMILES string of the molecule is C=C(C)C(=O)OC12CC3CC(C1)CC(OC(=O)C1CCC4OC4C1)(C3)C2. The van der Waals surface area contributed by atoms with Crippen LogP contribution >= 0.6 is 0 Å². The number of carbonyl (C=O) groups is 2. The maximum absolute atomic E-state index is 12.9. The van der Waals surface area contributed by atoms with Crippen LogP contribution in [-0.4, -0.2) is 35.3 Å². The van der Waals surface area contributed by atoms with Gasteiger partial charge in [-0.25, -0.2) is 4.79 Å². The summed E-state index contributed by atoms with van der Waals surface area (Å²) in [6, 6.07) is 0. The Labute approximate surface area is 154 Å². The third kappa shape index (κ3) is 2.79.